The maximum atomic E-state index is 5.63. The molecule has 0 spiro atoms. The number of ether oxygens (including phenoxy) is 2. The minimum absolute atomic E-state index is 0.190. The highest BCUT2D eigenvalue weighted by molar-refractivity contribution is 5.79. The maximum absolute atomic E-state index is 5.63. The Labute approximate surface area is 154 Å². The van der Waals surface area contributed by atoms with Crippen molar-refractivity contribution in [2.75, 3.05) is 20.3 Å². The predicted molar refractivity (Wildman–Crippen MR) is 99.0 cm³/mol. The fraction of sp³-hybridized carbons (Fsp3) is 0.500. The first-order chi connectivity index (χ1) is 12.7. The Morgan fingerprint density at radius 3 is 2.69 bits per heavy atom. The van der Waals surface area contributed by atoms with E-state index in [1.54, 1.807) is 7.05 Å². The van der Waals surface area contributed by atoms with E-state index in [4.69, 9.17) is 14.0 Å². The summed E-state index contributed by atoms with van der Waals surface area (Å²) in [6, 6.07) is 7.91. The summed E-state index contributed by atoms with van der Waals surface area (Å²) in [4.78, 5) is 8.53. The van der Waals surface area contributed by atoms with Gasteiger partial charge in [0.15, 0.2) is 11.8 Å². The number of rotatable bonds is 9. The first kappa shape index (κ1) is 19.7. The summed E-state index contributed by atoms with van der Waals surface area (Å²) in [6.45, 7) is 7.98. The molecule has 0 bridgehead atoms. The van der Waals surface area contributed by atoms with Crippen molar-refractivity contribution in [1.29, 1.82) is 0 Å². The highest BCUT2D eigenvalue weighted by Crippen LogP contribution is 2.17. The molecule has 0 aliphatic rings. The third-order valence-electron chi connectivity index (χ3n) is 3.61. The lowest BCUT2D eigenvalue weighted by Gasteiger charge is -2.13. The molecule has 0 saturated heterocycles. The molecule has 1 atom stereocenters. The van der Waals surface area contributed by atoms with Crippen LogP contribution in [0, 0.1) is 0 Å². The Kier molecular flexibility index (Phi) is 7.88. The average Bonchev–Trinajstić information content (AvgIpc) is 3.13. The summed E-state index contributed by atoms with van der Waals surface area (Å²) < 4.78 is 16.3. The number of aromatic nitrogens is 2. The largest absolute Gasteiger partial charge is 0.494 e. The minimum Gasteiger partial charge on any atom is -0.494 e. The van der Waals surface area contributed by atoms with Crippen LogP contribution in [0.15, 0.2) is 33.8 Å². The van der Waals surface area contributed by atoms with Crippen LogP contribution in [-0.2, 0) is 17.8 Å². The van der Waals surface area contributed by atoms with Gasteiger partial charge in [0, 0.05) is 25.8 Å². The fourth-order valence-corrected chi connectivity index (χ4v) is 2.33. The van der Waals surface area contributed by atoms with E-state index in [9.17, 15) is 0 Å². The Balaban J connectivity index is 1.87. The molecule has 2 rings (SSSR count). The summed E-state index contributed by atoms with van der Waals surface area (Å²) in [5.74, 6) is 2.51. The van der Waals surface area contributed by atoms with Crippen LogP contribution in [0.5, 0.6) is 5.75 Å². The van der Waals surface area contributed by atoms with Crippen LogP contribution in [0.1, 0.15) is 44.2 Å². The first-order valence-corrected chi connectivity index (χ1v) is 8.77. The van der Waals surface area contributed by atoms with E-state index in [1.807, 2.05) is 45.0 Å². The van der Waals surface area contributed by atoms with Gasteiger partial charge in [0.2, 0.25) is 5.89 Å². The second-order valence-corrected chi connectivity index (χ2v) is 5.46. The lowest BCUT2D eigenvalue weighted by Crippen LogP contribution is -2.36. The van der Waals surface area contributed by atoms with Crippen LogP contribution in [0.4, 0.5) is 0 Å². The lowest BCUT2D eigenvalue weighted by atomic mass is 10.2. The van der Waals surface area contributed by atoms with Gasteiger partial charge in [-0.15, -0.1) is 0 Å². The second kappa shape index (κ2) is 10.4. The molecule has 142 valence electrons. The molecular weight excluding hydrogens is 334 g/mol. The molecule has 26 heavy (non-hydrogen) atoms. The van der Waals surface area contributed by atoms with Crippen molar-refractivity contribution in [2.24, 2.45) is 4.99 Å². The van der Waals surface area contributed by atoms with Crippen LogP contribution in [-0.4, -0.2) is 36.4 Å². The normalized spacial score (nSPS) is 12.7. The van der Waals surface area contributed by atoms with Gasteiger partial charge in [-0.3, -0.25) is 4.99 Å². The van der Waals surface area contributed by atoms with E-state index >= 15 is 0 Å². The van der Waals surface area contributed by atoms with E-state index in [2.05, 4.69) is 25.8 Å². The molecule has 0 amide bonds. The summed E-state index contributed by atoms with van der Waals surface area (Å²) in [6.07, 6.45) is -0.190. The Hall–Kier alpha value is -2.61. The zero-order valence-electron chi connectivity index (χ0n) is 15.8. The monoisotopic (exact) mass is 361 g/mol. The number of nitrogens with one attached hydrogen (secondary N) is 2. The quantitative estimate of drug-likeness (QED) is 0.523. The number of benzene rings is 1. The van der Waals surface area contributed by atoms with Gasteiger partial charge < -0.3 is 24.6 Å². The number of hydrogen-bond donors (Lipinski definition) is 2. The predicted octanol–water partition coefficient (Wildman–Crippen LogP) is 2.43. The molecule has 0 saturated carbocycles. The second-order valence-electron chi connectivity index (χ2n) is 5.46. The summed E-state index contributed by atoms with van der Waals surface area (Å²) in [7, 11) is 1.71. The van der Waals surface area contributed by atoms with Crippen molar-refractivity contribution in [3.63, 3.8) is 0 Å². The molecule has 0 aliphatic heterocycles. The summed E-state index contributed by atoms with van der Waals surface area (Å²) in [5.41, 5.74) is 1.06. The van der Waals surface area contributed by atoms with Crippen molar-refractivity contribution < 1.29 is 14.0 Å². The number of para-hydroxylation sites is 1. The van der Waals surface area contributed by atoms with Crippen LogP contribution in [0.2, 0.25) is 0 Å². The standard InChI is InChI=1S/C18H27N5O3/c1-5-24-13(3)17-22-16(26-23-17)12-21-18(19-4)20-11-14-9-7-8-10-15(14)25-6-2/h7-10,13H,5-6,11-12H2,1-4H3,(H2,19,20,21). The summed E-state index contributed by atoms with van der Waals surface area (Å²) in [5, 5.41) is 10.3. The molecule has 0 fully saturated rings. The third kappa shape index (κ3) is 5.73. The Bertz CT molecular complexity index is 702. The van der Waals surface area contributed by atoms with E-state index in [1.165, 1.54) is 0 Å². The number of hydrogen-bond acceptors (Lipinski definition) is 6. The third-order valence-corrected chi connectivity index (χ3v) is 3.61. The molecule has 8 heteroatoms. The van der Waals surface area contributed by atoms with Crippen LogP contribution >= 0.6 is 0 Å². The Morgan fingerprint density at radius 2 is 1.96 bits per heavy atom. The topological polar surface area (TPSA) is 93.8 Å². The first-order valence-electron chi connectivity index (χ1n) is 8.77. The molecule has 8 nitrogen and oxygen atoms in total. The molecule has 1 heterocycles. The van der Waals surface area contributed by atoms with Crippen molar-refractivity contribution in [3.05, 3.63) is 41.5 Å². The van der Waals surface area contributed by atoms with E-state index in [-0.39, 0.29) is 6.10 Å². The molecule has 1 unspecified atom stereocenters. The van der Waals surface area contributed by atoms with Crippen LogP contribution in [0.3, 0.4) is 0 Å². The van der Waals surface area contributed by atoms with Gasteiger partial charge in [-0.1, -0.05) is 23.4 Å². The molecule has 1 aromatic carbocycles. The zero-order chi connectivity index (χ0) is 18.8. The number of guanidine groups is 1. The van der Waals surface area contributed by atoms with Crippen molar-refractivity contribution in [1.82, 2.24) is 20.8 Å². The molecule has 2 N–H and O–H groups in total. The van der Waals surface area contributed by atoms with Gasteiger partial charge >= 0.3 is 0 Å². The van der Waals surface area contributed by atoms with Crippen LogP contribution < -0.4 is 15.4 Å². The Morgan fingerprint density at radius 1 is 1.19 bits per heavy atom. The highest BCUT2D eigenvalue weighted by atomic mass is 16.5. The van der Waals surface area contributed by atoms with Gasteiger partial charge in [0.25, 0.3) is 0 Å². The van der Waals surface area contributed by atoms with Crippen molar-refractivity contribution in [2.45, 2.75) is 40.0 Å². The number of nitrogens with zero attached hydrogens (tertiary/aromatic N) is 3. The van der Waals surface area contributed by atoms with Crippen molar-refractivity contribution >= 4 is 5.96 Å². The highest BCUT2D eigenvalue weighted by Gasteiger charge is 2.14. The van der Waals surface area contributed by atoms with Gasteiger partial charge in [-0.25, -0.2) is 0 Å². The molecule has 0 aliphatic carbocycles. The number of aliphatic imine (C=N–C) groups is 1. The molecule has 1 aromatic heterocycles. The molecule has 2 aromatic rings. The average molecular weight is 361 g/mol. The van der Waals surface area contributed by atoms with Gasteiger partial charge in [-0.05, 0) is 26.8 Å². The molecular formula is C18H27N5O3. The van der Waals surface area contributed by atoms with Gasteiger partial charge in [0.05, 0.1) is 13.2 Å². The van der Waals surface area contributed by atoms with Crippen molar-refractivity contribution in [3.8, 4) is 5.75 Å². The smallest absolute Gasteiger partial charge is 0.246 e. The van der Waals surface area contributed by atoms with E-state index in [0.717, 1.165) is 11.3 Å². The minimum atomic E-state index is -0.190. The van der Waals surface area contributed by atoms with Gasteiger partial charge in [0.1, 0.15) is 11.9 Å². The lowest BCUT2D eigenvalue weighted by molar-refractivity contribution is 0.0683. The van der Waals surface area contributed by atoms with Gasteiger partial charge in [-0.2, -0.15) is 4.98 Å². The van der Waals surface area contributed by atoms with E-state index in [0.29, 0.717) is 44.0 Å². The maximum Gasteiger partial charge on any atom is 0.246 e. The SMILES string of the molecule is CCOc1ccccc1CNC(=NC)NCc1nc(C(C)OCC)no1. The molecule has 0 radical (unpaired) electrons. The fourth-order valence-electron chi connectivity index (χ4n) is 2.33. The summed E-state index contributed by atoms with van der Waals surface area (Å²) >= 11 is 0. The van der Waals surface area contributed by atoms with Crippen LogP contribution in [0.25, 0.3) is 0 Å². The zero-order valence-corrected chi connectivity index (χ0v) is 15.8. The van der Waals surface area contributed by atoms with E-state index < -0.39 is 0 Å².